The van der Waals surface area contributed by atoms with Crippen molar-refractivity contribution in [3.05, 3.63) is 29.8 Å². The zero-order valence-corrected chi connectivity index (χ0v) is 17.4. The van der Waals surface area contributed by atoms with Gasteiger partial charge in [0.15, 0.2) is 0 Å². The van der Waals surface area contributed by atoms with E-state index < -0.39 is 60.6 Å². The molecule has 29 heavy (non-hydrogen) atoms. The second-order valence-electron chi connectivity index (χ2n) is 7.25. The third-order valence-corrected chi connectivity index (χ3v) is 8.48. The second-order valence-corrected chi connectivity index (χ2v) is 11.0. The first kappa shape index (κ1) is 22.0. The third kappa shape index (κ3) is 3.66. The molecular formula is C17H21F3N2O5S2. The third-order valence-electron chi connectivity index (χ3n) is 5.36. The van der Waals surface area contributed by atoms with Crippen LogP contribution < -0.4 is 0 Å². The Bertz CT molecular complexity index is 1020. The van der Waals surface area contributed by atoms with Crippen LogP contribution in [0, 0.1) is 5.92 Å². The minimum absolute atomic E-state index is 0.0388. The average Bonchev–Trinajstić information content (AvgIpc) is 3.13. The van der Waals surface area contributed by atoms with E-state index >= 15 is 0 Å². The van der Waals surface area contributed by atoms with Crippen LogP contribution in [0.15, 0.2) is 29.2 Å². The molecule has 0 N–H and O–H groups in total. The van der Waals surface area contributed by atoms with E-state index in [1.807, 2.05) is 0 Å². The molecule has 2 saturated heterocycles. The Morgan fingerprint density at radius 1 is 1.14 bits per heavy atom. The summed E-state index contributed by atoms with van der Waals surface area (Å²) in [5, 5.41) is 0. The van der Waals surface area contributed by atoms with Crippen molar-refractivity contribution >= 4 is 26.0 Å². The van der Waals surface area contributed by atoms with Gasteiger partial charge in [-0.25, -0.2) is 21.1 Å². The van der Waals surface area contributed by atoms with Gasteiger partial charge in [0.1, 0.15) is 0 Å². The van der Waals surface area contributed by atoms with E-state index in [2.05, 4.69) is 0 Å². The smallest absolute Gasteiger partial charge is 0.273 e. The van der Waals surface area contributed by atoms with Gasteiger partial charge < -0.3 is 0 Å². The lowest BCUT2D eigenvalue weighted by atomic mass is 9.95. The van der Waals surface area contributed by atoms with Crippen LogP contribution in [-0.2, 0) is 31.0 Å². The van der Waals surface area contributed by atoms with Crippen LogP contribution in [0.25, 0.3) is 0 Å². The number of carbonyl (C=O) groups is 1. The molecule has 0 aromatic heterocycles. The first-order chi connectivity index (χ1) is 13.3. The fraction of sp³-hybridized carbons (Fsp3) is 0.588. The maximum absolute atomic E-state index is 13.4. The van der Waals surface area contributed by atoms with Crippen LogP contribution >= 0.6 is 0 Å². The Balaban J connectivity index is 2.11. The van der Waals surface area contributed by atoms with Crippen molar-refractivity contribution < 1.29 is 34.8 Å². The first-order valence-electron chi connectivity index (χ1n) is 9.03. The number of rotatable bonds is 5. The van der Waals surface area contributed by atoms with Gasteiger partial charge in [-0.15, -0.1) is 0 Å². The number of hydrogen-bond acceptors (Lipinski definition) is 5. The van der Waals surface area contributed by atoms with Crippen molar-refractivity contribution in [2.45, 2.75) is 49.3 Å². The summed E-state index contributed by atoms with van der Waals surface area (Å²) < 4.78 is 92.4. The van der Waals surface area contributed by atoms with Gasteiger partial charge in [-0.2, -0.15) is 17.5 Å². The fourth-order valence-electron chi connectivity index (χ4n) is 4.32. The van der Waals surface area contributed by atoms with E-state index in [1.165, 1.54) is 6.07 Å². The lowest BCUT2D eigenvalue weighted by Gasteiger charge is -2.27. The Morgan fingerprint density at radius 3 is 2.31 bits per heavy atom. The van der Waals surface area contributed by atoms with E-state index in [4.69, 9.17) is 0 Å². The number of alkyl halides is 3. The van der Waals surface area contributed by atoms with Gasteiger partial charge in [-0.05, 0) is 25.0 Å². The predicted octanol–water partition coefficient (Wildman–Crippen LogP) is 2.06. The average molecular weight is 454 g/mol. The van der Waals surface area contributed by atoms with Crippen molar-refractivity contribution in [3.63, 3.8) is 0 Å². The van der Waals surface area contributed by atoms with Crippen molar-refractivity contribution in [1.82, 2.24) is 8.61 Å². The number of benzene rings is 1. The SMILES string of the molecule is CCC[C@H]1C(=O)N(S(C)(=O)=O)[C@H]2CCN(S(=O)(=O)c3ccccc3C(F)(F)F)[C@H]12. The van der Waals surface area contributed by atoms with E-state index in [1.54, 1.807) is 6.92 Å². The van der Waals surface area contributed by atoms with Crippen LogP contribution in [0.2, 0.25) is 0 Å². The molecule has 2 aliphatic rings. The Hall–Kier alpha value is -1.66. The van der Waals surface area contributed by atoms with Gasteiger partial charge >= 0.3 is 6.18 Å². The summed E-state index contributed by atoms with van der Waals surface area (Å²) in [6, 6.07) is 1.92. The van der Waals surface area contributed by atoms with Gasteiger partial charge in [0.05, 0.1) is 34.7 Å². The van der Waals surface area contributed by atoms with E-state index in [9.17, 15) is 34.8 Å². The van der Waals surface area contributed by atoms with Crippen molar-refractivity contribution in [2.24, 2.45) is 5.92 Å². The number of nitrogens with zero attached hydrogens (tertiary/aromatic N) is 2. The van der Waals surface area contributed by atoms with Crippen LogP contribution in [0.1, 0.15) is 31.7 Å². The van der Waals surface area contributed by atoms with Crippen LogP contribution in [0.5, 0.6) is 0 Å². The van der Waals surface area contributed by atoms with Crippen LogP contribution in [0.3, 0.4) is 0 Å². The molecule has 1 amide bonds. The summed E-state index contributed by atoms with van der Waals surface area (Å²) in [5.41, 5.74) is -1.29. The Kier molecular flexibility index (Phi) is 5.50. The molecule has 162 valence electrons. The van der Waals surface area contributed by atoms with Gasteiger partial charge in [-0.1, -0.05) is 25.5 Å². The highest BCUT2D eigenvalue weighted by Gasteiger charge is 2.59. The molecule has 0 aliphatic carbocycles. The lowest BCUT2D eigenvalue weighted by Crippen LogP contribution is -2.43. The predicted molar refractivity (Wildman–Crippen MR) is 97.6 cm³/mol. The molecule has 2 heterocycles. The van der Waals surface area contributed by atoms with Crippen molar-refractivity contribution in [2.75, 3.05) is 12.8 Å². The monoisotopic (exact) mass is 454 g/mol. The minimum Gasteiger partial charge on any atom is -0.273 e. The van der Waals surface area contributed by atoms with Gasteiger partial charge in [0.2, 0.25) is 26.0 Å². The molecular weight excluding hydrogens is 433 g/mol. The highest BCUT2D eigenvalue weighted by molar-refractivity contribution is 7.89. The zero-order chi connectivity index (χ0) is 21.8. The molecule has 0 unspecified atom stereocenters. The highest BCUT2D eigenvalue weighted by atomic mass is 32.2. The first-order valence-corrected chi connectivity index (χ1v) is 12.3. The number of hydrogen-bond donors (Lipinski definition) is 0. The topological polar surface area (TPSA) is 91.8 Å². The molecule has 3 atom stereocenters. The molecule has 12 heteroatoms. The maximum atomic E-state index is 13.4. The summed E-state index contributed by atoms with van der Waals surface area (Å²) in [4.78, 5) is 11.8. The van der Waals surface area contributed by atoms with Gasteiger partial charge in [0.25, 0.3) is 0 Å². The molecule has 0 radical (unpaired) electrons. The molecule has 1 aromatic carbocycles. The maximum Gasteiger partial charge on any atom is 0.417 e. The lowest BCUT2D eigenvalue weighted by molar-refractivity contribution is -0.140. The summed E-state index contributed by atoms with van der Waals surface area (Å²) in [7, 11) is -8.55. The zero-order valence-electron chi connectivity index (χ0n) is 15.8. The Morgan fingerprint density at radius 2 is 1.76 bits per heavy atom. The highest BCUT2D eigenvalue weighted by Crippen LogP contribution is 2.44. The molecule has 2 aliphatic heterocycles. The van der Waals surface area contributed by atoms with Gasteiger partial charge in [-0.3, -0.25) is 4.79 Å². The van der Waals surface area contributed by atoms with Crippen molar-refractivity contribution in [1.29, 1.82) is 0 Å². The summed E-state index contributed by atoms with van der Waals surface area (Å²) in [6.45, 7) is 1.60. The molecule has 0 saturated carbocycles. The number of fused-ring (bicyclic) bond motifs is 1. The standard InChI is InChI=1S/C17H21F3N2O5S2/c1-3-6-11-15-13(22(16(11)23)28(2,24)25)9-10-21(15)29(26,27)14-8-5-4-7-12(14)17(18,19)20/h4-5,7-8,11,13,15H,3,6,9-10H2,1-2H3/t11-,13+,15-/m1/s1. The fourth-order valence-corrected chi connectivity index (χ4v) is 7.42. The van der Waals surface area contributed by atoms with E-state index in [0.29, 0.717) is 16.8 Å². The molecule has 0 spiro atoms. The summed E-state index contributed by atoms with van der Waals surface area (Å²) in [6.07, 6.45) is -3.25. The normalized spacial score (nSPS) is 26.2. The summed E-state index contributed by atoms with van der Waals surface area (Å²) in [5.74, 6) is -1.62. The summed E-state index contributed by atoms with van der Waals surface area (Å²) >= 11 is 0. The van der Waals surface area contributed by atoms with Crippen molar-refractivity contribution in [3.8, 4) is 0 Å². The number of amides is 1. The number of sulfonamides is 2. The minimum atomic E-state index is -4.88. The van der Waals surface area contributed by atoms with E-state index in [-0.39, 0.29) is 19.4 Å². The largest absolute Gasteiger partial charge is 0.417 e. The molecule has 0 bridgehead atoms. The quantitative estimate of drug-likeness (QED) is 0.679. The second kappa shape index (κ2) is 7.24. The number of halogens is 3. The van der Waals surface area contributed by atoms with E-state index in [0.717, 1.165) is 22.7 Å². The molecule has 7 nitrogen and oxygen atoms in total. The molecule has 2 fully saturated rings. The number of carbonyl (C=O) groups excluding carboxylic acids is 1. The van der Waals surface area contributed by atoms with Gasteiger partial charge in [0, 0.05) is 6.54 Å². The molecule has 1 aromatic rings. The van der Waals surface area contributed by atoms with Crippen LogP contribution in [-0.4, -0.2) is 56.2 Å². The van der Waals surface area contributed by atoms with Crippen LogP contribution in [0.4, 0.5) is 13.2 Å². The Labute approximate surface area is 167 Å². The molecule has 3 rings (SSSR count).